The van der Waals surface area contributed by atoms with Crippen LogP contribution in [0.15, 0.2) is 80.3 Å². The first-order chi connectivity index (χ1) is 14.9. The Morgan fingerprint density at radius 1 is 0.968 bits per heavy atom. The number of rotatable bonds is 5. The van der Waals surface area contributed by atoms with Crippen molar-refractivity contribution in [3.8, 4) is 5.75 Å². The van der Waals surface area contributed by atoms with Crippen LogP contribution in [0.4, 0.5) is 0 Å². The maximum Gasteiger partial charge on any atom is 0.363 e. The number of esters is 1. The monoisotopic (exact) mass is 579 g/mol. The third kappa shape index (κ3) is 5.21. The number of carbonyl (C=O) groups excluding carboxylic acids is 1. The fourth-order valence-electron chi connectivity index (χ4n) is 2.86. The molecule has 0 radical (unpaired) electrons. The lowest BCUT2D eigenvalue weighted by Crippen LogP contribution is -2.04. The van der Waals surface area contributed by atoms with Gasteiger partial charge in [0.25, 0.3) is 0 Å². The SMILES string of the molecule is O=C1OC(c2ccccc2)=N/C1=C\c1cc(Br)c(OCc2ccc(Cl)c(Cl)c2)c(Br)c1. The molecular weight excluding hydrogens is 569 g/mol. The number of nitrogens with zero attached hydrogens (tertiary/aromatic N) is 1. The van der Waals surface area contributed by atoms with E-state index in [1.54, 1.807) is 18.2 Å². The van der Waals surface area contributed by atoms with E-state index in [-0.39, 0.29) is 11.6 Å². The highest BCUT2D eigenvalue weighted by Gasteiger charge is 2.24. The number of carbonyl (C=O) groups is 1. The van der Waals surface area contributed by atoms with Crippen molar-refractivity contribution in [2.45, 2.75) is 6.61 Å². The Hall–Kier alpha value is -2.12. The summed E-state index contributed by atoms with van der Waals surface area (Å²) >= 11 is 19.1. The molecule has 0 N–H and O–H groups in total. The summed E-state index contributed by atoms with van der Waals surface area (Å²) in [5, 5.41) is 0.968. The maximum absolute atomic E-state index is 12.2. The second kappa shape index (κ2) is 9.57. The van der Waals surface area contributed by atoms with Crippen LogP contribution < -0.4 is 4.74 Å². The summed E-state index contributed by atoms with van der Waals surface area (Å²) < 4.78 is 12.7. The van der Waals surface area contributed by atoms with Crippen LogP contribution in [0.3, 0.4) is 0 Å². The Bertz CT molecular complexity index is 1200. The second-order valence-electron chi connectivity index (χ2n) is 6.55. The summed E-state index contributed by atoms with van der Waals surface area (Å²) in [5.74, 6) is 0.415. The van der Waals surface area contributed by atoms with Gasteiger partial charge in [0.1, 0.15) is 12.4 Å². The molecule has 1 heterocycles. The quantitative estimate of drug-likeness (QED) is 0.232. The predicted molar refractivity (Wildman–Crippen MR) is 130 cm³/mol. The van der Waals surface area contributed by atoms with Crippen molar-refractivity contribution < 1.29 is 14.3 Å². The zero-order valence-electron chi connectivity index (χ0n) is 15.7. The molecule has 4 nitrogen and oxygen atoms in total. The zero-order valence-corrected chi connectivity index (χ0v) is 20.4. The van der Waals surface area contributed by atoms with Crippen molar-refractivity contribution >= 4 is 73.0 Å². The van der Waals surface area contributed by atoms with E-state index in [0.29, 0.717) is 31.3 Å². The van der Waals surface area contributed by atoms with Crippen molar-refractivity contribution in [1.29, 1.82) is 0 Å². The van der Waals surface area contributed by atoms with Gasteiger partial charge in [-0.15, -0.1) is 0 Å². The summed E-state index contributed by atoms with van der Waals surface area (Å²) in [6.07, 6.45) is 1.66. The molecule has 1 aliphatic heterocycles. The van der Waals surface area contributed by atoms with E-state index in [0.717, 1.165) is 16.7 Å². The normalized spacial score (nSPS) is 14.5. The van der Waals surface area contributed by atoms with Crippen LogP contribution in [0.5, 0.6) is 5.75 Å². The van der Waals surface area contributed by atoms with Crippen LogP contribution in [0.25, 0.3) is 6.08 Å². The zero-order chi connectivity index (χ0) is 22.0. The number of benzene rings is 3. The summed E-state index contributed by atoms with van der Waals surface area (Å²) in [7, 11) is 0. The fourth-order valence-corrected chi connectivity index (χ4v) is 4.63. The van der Waals surface area contributed by atoms with Crippen LogP contribution in [0, 0.1) is 0 Å². The highest BCUT2D eigenvalue weighted by molar-refractivity contribution is 9.11. The summed E-state index contributed by atoms with van der Waals surface area (Å²) in [4.78, 5) is 16.6. The molecular formula is C23H13Br2Cl2NO3. The van der Waals surface area contributed by atoms with Gasteiger partial charge in [-0.25, -0.2) is 9.79 Å². The summed E-state index contributed by atoms with van der Waals surface area (Å²) in [5.41, 5.74) is 2.61. The van der Waals surface area contributed by atoms with Crippen molar-refractivity contribution in [2.24, 2.45) is 4.99 Å². The average molecular weight is 582 g/mol. The van der Waals surface area contributed by atoms with Crippen LogP contribution in [-0.2, 0) is 16.1 Å². The molecule has 31 heavy (non-hydrogen) atoms. The molecule has 0 aliphatic carbocycles. The van der Waals surface area contributed by atoms with Gasteiger partial charge in [-0.3, -0.25) is 0 Å². The van der Waals surface area contributed by atoms with E-state index in [1.165, 1.54) is 0 Å². The number of cyclic esters (lactones) is 1. The van der Waals surface area contributed by atoms with E-state index < -0.39 is 5.97 Å². The van der Waals surface area contributed by atoms with Gasteiger partial charge in [0.15, 0.2) is 5.70 Å². The number of halogens is 4. The lowest BCUT2D eigenvalue weighted by Gasteiger charge is -2.12. The largest absolute Gasteiger partial charge is 0.487 e. The van der Waals surface area contributed by atoms with E-state index in [4.69, 9.17) is 32.7 Å². The van der Waals surface area contributed by atoms with E-state index >= 15 is 0 Å². The minimum atomic E-state index is -0.494. The van der Waals surface area contributed by atoms with Crippen LogP contribution in [0.1, 0.15) is 16.7 Å². The van der Waals surface area contributed by atoms with Crippen molar-refractivity contribution in [3.63, 3.8) is 0 Å². The fraction of sp³-hybridized carbons (Fsp3) is 0.0435. The molecule has 0 saturated heterocycles. The predicted octanol–water partition coefficient (Wildman–Crippen LogP) is 7.44. The van der Waals surface area contributed by atoms with E-state index in [9.17, 15) is 4.79 Å². The van der Waals surface area contributed by atoms with E-state index in [1.807, 2.05) is 48.5 Å². The van der Waals surface area contributed by atoms with Crippen molar-refractivity contribution in [3.05, 3.63) is 102 Å². The summed E-state index contributed by atoms with van der Waals surface area (Å²) in [6, 6.07) is 18.3. The van der Waals surface area contributed by atoms with Gasteiger partial charge in [-0.1, -0.05) is 47.5 Å². The number of hydrogen-bond donors (Lipinski definition) is 0. The smallest absolute Gasteiger partial charge is 0.363 e. The Labute approximate surface area is 205 Å². The van der Waals surface area contributed by atoms with Gasteiger partial charge in [-0.2, -0.15) is 0 Å². The second-order valence-corrected chi connectivity index (χ2v) is 9.08. The standard InChI is InChI=1S/C23H13Br2Cl2NO3/c24-16-8-14(11-20-23(29)31-22(28-20)15-4-2-1-3-5-15)9-17(25)21(16)30-12-13-6-7-18(26)19(27)10-13/h1-11H,12H2/b20-11-. The van der Waals surface area contributed by atoms with Gasteiger partial charge >= 0.3 is 5.97 Å². The van der Waals surface area contributed by atoms with Crippen molar-refractivity contribution in [1.82, 2.24) is 0 Å². The Kier molecular flexibility index (Phi) is 6.82. The molecule has 4 rings (SSSR count). The van der Waals surface area contributed by atoms with E-state index in [2.05, 4.69) is 36.9 Å². The molecule has 8 heteroatoms. The lowest BCUT2D eigenvalue weighted by molar-refractivity contribution is -0.129. The molecule has 1 aliphatic rings. The molecule has 156 valence electrons. The lowest BCUT2D eigenvalue weighted by atomic mass is 10.2. The first kappa shape index (κ1) is 22.1. The van der Waals surface area contributed by atoms with Gasteiger partial charge in [0.05, 0.1) is 19.0 Å². The molecule has 0 fully saturated rings. The molecule has 3 aromatic rings. The van der Waals surface area contributed by atoms with Crippen molar-refractivity contribution in [2.75, 3.05) is 0 Å². The van der Waals surface area contributed by atoms with Crippen LogP contribution >= 0.6 is 55.1 Å². The third-order valence-electron chi connectivity index (χ3n) is 4.33. The molecule has 0 unspecified atom stereocenters. The molecule has 3 aromatic carbocycles. The van der Waals surface area contributed by atoms with Crippen LogP contribution in [-0.4, -0.2) is 11.9 Å². The average Bonchev–Trinajstić information content (AvgIpc) is 3.11. The first-order valence-corrected chi connectivity index (χ1v) is 11.4. The number of ether oxygens (including phenoxy) is 2. The minimum Gasteiger partial charge on any atom is -0.487 e. The van der Waals surface area contributed by atoms with Crippen LogP contribution in [0.2, 0.25) is 10.0 Å². The number of hydrogen-bond acceptors (Lipinski definition) is 4. The topological polar surface area (TPSA) is 47.9 Å². The summed E-state index contributed by atoms with van der Waals surface area (Å²) in [6.45, 7) is 0.311. The molecule has 0 amide bonds. The Morgan fingerprint density at radius 3 is 2.35 bits per heavy atom. The maximum atomic E-state index is 12.2. The molecule has 0 atom stereocenters. The molecule has 0 spiro atoms. The highest BCUT2D eigenvalue weighted by atomic mass is 79.9. The van der Waals surface area contributed by atoms with Gasteiger partial charge < -0.3 is 9.47 Å². The number of aliphatic imine (C=N–C) groups is 1. The van der Waals surface area contributed by atoms with Gasteiger partial charge in [0.2, 0.25) is 5.90 Å². The van der Waals surface area contributed by atoms with Gasteiger partial charge in [0, 0.05) is 5.56 Å². The van der Waals surface area contributed by atoms with Gasteiger partial charge in [-0.05, 0) is 85.5 Å². The third-order valence-corrected chi connectivity index (χ3v) is 6.25. The first-order valence-electron chi connectivity index (χ1n) is 9.04. The highest BCUT2D eigenvalue weighted by Crippen LogP contribution is 2.36. The Morgan fingerprint density at radius 2 is 1.68 bits per heavy atom. The molecule has 0 aromatic heterocycles. The Balaban J connectivity index is 1.55. The molecule has 0 bridgehead atoms. The molecule has 0 saturated carbocycles. The minimum absolute atomic E-state index is 0.224.